The van der Waals surface area contributed by atoms with Crippen molar-refractivity contribution < 1.29 is 9.21 Å². The normalized spacial score (nSPS) is 10.9. The summed E-state index contributed by atoms with van der Waals surface area (Å²) >= 11 is 0. The second kappa shape index (κ2) is 7.46. The SMILES string of the molecule is Cc1ccc(-c2cnc(CCC(=O)Nc3ccc4ccccc4c3)o2)cc1. The van der Waals surface area contributed by atoms with Gasteiger partial charge in [-0.2, -0.15) is 0 Å². The Labute approximate surface area is 157 Å². The highest BCUT2D eigenvalue weighted by atomic mass is 16.4. The number of aromatic nitrogens is 1. The summed E-state index contributed by atoms with van der Waals surface area (Å²) in [5.74, 6) is 1.24. The minimum Gasteiger partial charge on any atom is -0.441 e. The molecule has 0 bridgehead atoms. The van der Waals surface area contributed by atoms with Crippen molar-refractivity contribution in [3.8, 4) is 11.3 Å². The van der Waals surface area contributed by atoms with Crippen LogP contribution < -0.4 is 5.32 Å². The average molecular weight is 356 g/mol. The fraction of sp³-hybridized carbons (Fsp3) is 0.130. The van der Waals surface area contributed by atoms with E-state index in [-0.39, 0.29) is 5.91 Å². The molecule has 134 valence electrons. The molecule has 0 unspecified atom stereocenters. The van der Waals surface area contributed by atoms with E-state index in [9.17, 15) is 4.79 Å². The third-order valence-electron chi connectivity index (χ3n) is 4.49. The van der Waals surface area contributed by atoms with Crippen molar-refractivity contribution in [3.05, 3.63) is 84.4 Å². The third kappa shape index (κ3) is 4.06. The van der Waals surface area contributed by atoms with Gasteiger partial charge in [-0.15, -0.1) is 0 Å². The van der Waals surface area contributed by atoms with Crippen LogP contribution in [0.4, 0.5) is 5.69 Å². The Balaban J connectivity index is 1.37. The molecule has 1 N–H and O–H groups in total. The van der Waals surface area contributed by atoms with Crippen LogP contribution in [0.5, 0.6) is 0 Å². The quantitative estimate of drug-likeness (QED) is 0.523. The summed E-state index contributed by atoms with van der Waals surface area (Å²) in [4.78, 5) is 16.5. The highest BCUT2D eigenvalue weighted by molar-refractivity contribution is 5.94. The van der Waals surface area contributed by atoms with Gasteiger partial charge in [-0.1, -0.05) is 60.2 Å². The number of rotatable bonds is 5. The second-order valence-electron chi connectivity index (χ2n) is 6.59. The van der Waals surface area contributed by atoms with Gasteiger partial charge in [0.15, 0.2) is 11.7 Å². The van der Waals surface area contributed by atoms with E-state index < -0.39 is 0 Å². The smallest absolute Gasteiger partial charge is 0.224 e. The van der Waals surface area contributed by atoms with E-state index in [2.05, 4.69) is 16.4 Å². The number of hydrogen-bond acceptors (Lipinski definition) is 3. The summed E-state index contributed by atoms with van der Waals surface area (Å²) in [6.07, 6.45) is 2.49. The maximum absolute atomic E-state index is 12.3. The number of hydrogen-bond donors (Lipinski definition) is 1. The van der Waals surface area contributed by atoms with E-state index in [1.165, 1.54) is 5.56 Å². The largest absolute Gasteiger partial charge is 0.441 e. The van der Waals surface area contributed by atoms with Gasteiger partial charge in [-0.25, -0.2) is 4.98 Å². The van der Waals surface area contributed by atoms with Gasteiger partial charge in [0.1, 0.15) is 0 Å². The maximum atomic E-state index is 12.3. The summed E-state index contributed by atoms with van der Waals surface area (Å²) < 4.78 is 5.78. The first kappa shape index (κ1) is 17.0. The lowest BCUT2D eigenvalue weighted by Crippen LogP contribution is -2.12. The number of nitrogens with zero attached hydrogens (tertiary/aromatic N) is 1. The van der Waals surface area contributed by atoms with Gasteiger partial charge in [0.2, 0.25) is 5.91 Å². The molecule has 4 aromatic rings. The molecule has 0 aliphatic heterocycles. The predicted octanol–water partition coefficient (Wildman–Crippen LogP) is 5.37. The standard InChI is InChI=1S/C23H20N2O2/c1-16-6-8-18(9-7-16)21-15-24-23(27-21)13-12-22(26)25-20-11-10-17-4-2-3-5-19(17)14-20/h2-11,14-15H,12-13H2,1H3,(H,25,26). The first-order chi connectivity index (χ1) is 13.2. The zero-order valence-corrected chi connectivity index (χ0v) is 15.1. The number of carbonyl (C=O) groups excluding carboxylic acids is 1. The first-order valence-electron chi connectivity index (χ1n) is 8.98. The second-order valence-corrected chi connectivity index (χ2v) is 6.59. The molecule has 0 aliphatic carbocycles. The van der Waals surface area contributed by atoms with Crippen molar-refractivity contribution in [3.63, 3.8) is 0 Å². The van der Waals surface area contributed by atoms with Gasteiger partial charge >= 0.3 is 0 Å². The number of nitrogens with one attached hydrogen (secondary N) is 1. The number of anilines is 1. The third-order valence-corrected chi connectivity index (χ3v) is 4.49. The molecule has 0 radical (unpaired) electrons. The fourth-order valence-electron chi connectivity index (χ4n) is 2.99. The Hall–Kier alpha value is -3.40. The minimum atomic E-state index is -0.0552. The summed E-state index contributed by atoms with van der Waals surface area (Å²) in [6, 6.07) is 22.1. The van der Waals surface area contributed by atoms with E-state index in [0.29, 0.717) is 18.7 Å². The molecule has 1 aromatic heterocycles. The van der Waals surface area contributed by atoms with Crippen LogP contribution in [0.1, 0.15) is 17.9 Å². The molecule has 0 fully saturated rings. The van der Waals surface area contributed by atoms with Crippen molar-refractivity contribution >= 4 is 22.4 Å². The molecule has 0 saturated carbocycles. The van der Waals surface area contributed by atoms with Crippen LogP contribution in [-0.4, -0.2) is 10.9 Å². The zero-order valence-electron chi connectivity index (χ0n) is 15.1. The van der Waals surface area contributed by atoms with Crippen LogP contribution in [0.15, 0.2) is 77.3 Å². The Bertz CT molecular complexity index is 1080. The molecular formula is C23H20N2O2. The maximum Gasteiger partial charge on any atom is 0.224 e. The molecule has 4 heteroatoms. The lowest BCUT2D eigenvalue weighted by Gasteiger charge is -2.06. The summed E-state index contributed by atoms with van der Waals surface area (Å²) in [6.45, 7) is 2.05. The van der Waals surface area contributed by atoms with E-state index in [1.807, 2.05) is 67.6 Å². The summed E-state index contributed by atoms with van der Waals surface area (Å²) in [5.41, 5.74) is 2.98. The molecule has 0 saturated heterocycles. The Morgan fingerprint density at radius 3 is 2.59 bits per heavy atom. The number of aryl methyl sites for hydroxylation is 2. The molecule has 3 aromatic carbocycles. The van der Waals surface area contributed by atoms with E-state index in [1.54, 1.807) is 6.20 Å². The van der Waals surface area contributed by atoms with E-state index in [0.717, 1.165) is 27.8 Å². The van der Waals surface area contributed by atoms with Crippen molar-refractivity contribution in [2.24, 2.45) is 0 Å². The van der Waals surface area contributed by atoms with Crippen LogP contribution in [0.25, 0.3) is 22.1 Å². The number of amides is 1. The Morgan fingerprint density at radius 1 is 1.00 bits per heavy atom. The number of carbonyl (C=O) groups is 1. The molecule has 27 heavy (non-hydrogen) atoms. The summed E-state index contributed by atoms with van der Waals surface area (Å²) in [7, 11) is 0. The monoisotopic (exact) mass is 356 g/mol. The lowest BCUT2D eigenvalue weighted by atomic mass is 10.1. The molecule has 4 nitrogen and oxygen atoms in total. The van der Waals surface area contributed by atoms with Crippen molar-refractivity contribution in [1.29, 1.82) is 0 Å². The highest BCUT2D eigenvalue weighted by Crippen LogP contribution is 2.22. The van der Waals surface area contributed by atoms with Crippen molar-refractivity contribution in [2.45, 2.75) is 19.8 Å². The highest BCUT2D eigenvalue weighted by Gasteiger charge is 2.09. The van der Waals surface area contributed by atoms with Crippen LogP contribution in [0, 0.1) is 6.92 Å². The molecule has 0 aliphatic rings. The molecule has 4 rings (SSSR count). The Kier molecular flexibility index (Phi) is 4.71. The fourth-order valence-corrected chi connectivity index (χ4v) is 2.99. The van der Waals surface area contributed by atoms with Crippen molar-refractivity contribution in [1.82, 2.24) is 4.98 Å². The predicted molar refractivity (Wildman–Crippen MR) is 108 cm³/mol. The first-order valence-corrected chi connectivity index (χ1v) is 8.98. The molecular weight excluding hydrogens is 336 g/mol. The van der Waals surface area contributed by atoms with Gasteiger partial charge in [0, 0.05) is 24.1 Å². The lowest BCUT2D eigenvalue weighted by molar-refractivity contribution is -0.116. The van der Waals surface area contributed by atoms with Gasteiger partial charge in [0.05, 0.1) is 6.20 Å². The number of oxazole rings is 1. The van der Waals surface area contributed by atoms with Gasteiger partial charge in [-0.3, -0.25) is 4.79 Å². The van der Waals surface area contributed by atoms with E-state index in [4.69, 9.17) is 4.42 Å². The van der Waals surface area contributed by atoms with Crippen molar-refractivity contribution in [2.75, 3.05) is 5.32 Å². The topological polar surface area (TPSA) is 55.1 Å². The van der Waals surface area contributed by atoms with Gasteiger partial charge in [-0.05, 0) is 29.8 Å². The summed E-state index contributed by atoms with van der Waals surface area (Å²) in [5, 5.41) is 5.19. The van der Waals surface area contributed by atoms with Gasteiger partial charge < -0.3 is 9.73 Å². The molecule has 0 spiro atoms. The van der Waals surface area contributed by atoms with Crippen LogP contribution >= 0.6 is 0 Å². The van der Waals surface area contributed by atoms with E-state index >= 15 is 0 Å². The Morgan fingerprint density at radius 2 is 1.78 bits per heavy atom. The zero-order chi connectivity index (χ0) is 18.6. The average Bonchev–Trinajstić information content (AvgIpc) is 3.16. The minimum absolute atomic E-state index is 0.0552. The molecule has 1 amide bonds. The number of fused-ring (bicyclic) bond motifs is 1. The van der Waals surface area contributed by atoms with Crippen LogP contribution in [0.2, 0.25) is 0 Å². The van der Waals surface area contributed by atoms with Gasteiger partial charge in [0.25, 0.3) is 0 Å². The van der Waals surface area contributed by atoms with Crippen LogP contribution in [0.3, 0.4) is 0 Å². The number of benzene rings is 3. The molecule has 0 atom stereocenters. The molecule has 1 heterocycles. The van der Waals surface area contributed by atoms with Crippen LogP contribution in [-0.2, 0) is 11.2 Å².